The third-order valence-electron chi connectivity index (χ3n) is 19.1. The van der Waals surface area contributed by atoms with Crippen molar-refractivity contribution in [1.29, 1.82) is 0 Å². The highest BCUT2D eigenvalue weighted by Gasteiger charge is 2.82. The fourth-order valence-electron chi connectivity index (χ4n) is 17.6. The molecule has 8 fully saturated rings. The van der Waals surface area contributed by atoms with Crippen LogP contribution < -0.4 is 0 Å². The van der Waals surface area contributed by atoms with Crippen LogP contribution in [0.2, 0.25) is 0 Å². The van der Waals surface area contributed by atoms with Crippen molar-refractivity contribution in [2.75, 3.05) is 0 Å². The smallest absolute Gasteiger partial charge is 0.303 e. The van der Waals surface area contributed by atoms with Crippen molar-refractivity contribution in [2.45, 2.75) is 182 Å². The van der Waals surface area contributed by atoms with Crippen LogP contribution in [0.3, 0.4) is 0 Å². The first-order valence-electron chi connectivity index (χ1n) is 23.2. The summed E-state index contributed by atoms with van der Waals surface area (Å²) in [4.78, 5) is 95.9. The van der Waals surface area contributed by atoms with E-state index in [0.717, 1.165) is 6.92 Å². The van der Waals surface area contributed by atoms with E-state index in [-0.39, 0.29) is 44.3 Å². The van der Waals surface area contributed by atoms with Gasteiger partial charge in [0.05, 0.1) is 23.0 Å². The van der Waals surface area contributed by atoms with E-state index < -0.39 is 158 Å². The largest absolute Gasteiger partial charge is 0.462 e. The molecule has 350 valence electrons. The van der Waals surface area contributed by atoms with Crippen LogP contribution in [0.5, 0.6) is 0 Å². The van der Waals surface area contributed by atoms with E-state index in [2.05, 4.69) is 0 Å². The molecule has 8 aliphatic rings. The van der Waals surface area contributed by atoms with E-state index in [1.165, 1.54) is 20.8 Å². The molecule has 19 unspecified atom stereocenters. The van der Waals surface area contributed by atoms with Gasteiger partial charge in [0.25, 0.3) is 0 Å². The van der Waals surface area contributed by atoms with Crippen LogP contribution in [0.1, 0.15) is 133 Å². The first-order chi connectivity index (χ1) is 29.1. The van der Waals surface area contributed by atoms with Crippen LogP contribution in [0.15, 0.2) is 0 Å². The van der Waals surface area contributed by atoms with Gasteiger partial charge in [0, 0.05) is 68.1 Å². The van der Waals surface area contributed by atoms with Gasteiger partial charge >= 0.3 is 23.9 Å². The Bertz CT molecular complexity index is 2010. The van der Waals surface area contributed by atoms with Crippen molar-refractivity contribution in [3.8, 4) is 0 Å². The molecule has 8 rings (SSSR count). The van der Waals surface area contributed by atoms with Crippen LogP contribution in [0, 0.1) is 73.9 Å². The Morgan fingerprint density at radius 3 is 1.75 bits per heavy atom. The second-order valence-electron chi connectivity index (χ2n) is 23.0. The Labute approximate surface area is 369 Å². The average molecular weight is 885 g/mol. The minimum atomic E-state index is -2.13. The summed E-state index contributed by atoms with van der Waals surface area (Å²) < 4.78 is 23.4. The highest BCUT2D eigenvalue weighted by atomic mass is 16.6. The van der Waals surface area contributed by atoms with E-state index >= 15 is 14.4 Å². The summed E-state index contributed by atoms with van der Waals surface area (Å²) in [6, 6.07) is 0. The molecule has 4 bridgehead atoms. The lowest BCUT2D eigenvalue weighted by atomic mass is 9.38. The SMILES string of the molecule is CC(=O)OC1C2C(C)(C)C(OC(C)=O)CCC2(C)C2C(O)CC3CC2(C(=O)C3CCC2(O)C(=O)C34CC2CC(O)C3C2(C)CCC(OC(C)=O)C(C)(C)C2C(=O)C4OC(C)=O)C1O. The minimum Gasteiger partial charge on any atom is -0.462 e. The van der Waals surface area contributed by atoms with Gasteiger partial charge in [0.1, 0.15) is 35.8 Å². The van der Waals surface area contributed by atoms with Crippen molar-refractivity contribution in [3.63, 3.8) is 0 Å². The lowest BCUT2D eigenvalue weighted by Crippen LogP contribution is -2.73. The Hall–Kier alpha value is -3.27. The maximum atomic E-state index is 15.5. The van der Waals surface area contributed by atoms with Gasteiger partial charge in [-0.15, -0.1) is 0 Å². The Morgan fingerprint density at radius 1 is 0.651 bits per heavy atom. The van der Waals surface area contributed by atoms with Gasteiger partial charge in [-0.25, -0.2) is 0 Å². The number of carbonyl (C=O) groups is 7. The molecule has 63 heavy (non-hydrogen) atoms. The maximum Gasteiger partial charge on any atom is 0.303 e. The van der Waals surface area contributed by atoms with Crippen LogP contribution in [0.4, 0.5) is 0 Å². The molecule has 8 saturated carbocycles. The summed E-state index contributed by atoms with van der Waals surface area (Å²) in [5, 5.41) is 49.9. The number of Topliss-reactive ketones (excluding diaryl/α,β-unsaturated/α-hetero) is 3. The number of esters is 4. The fourth-order valence-corrected chi connectivity index (χ4v) is 17.6. The van der Waals surface area contributed by atoms with Gasteiger partial charge in [-0.1, -0.05) is 41.5 Å². The number of hydrogen-bond donors (Lipinski definition) is 4. The quantitative estimate of drug-likeness (QED) is 0.211. The zero-order chi connectivity index (χ0) is 46.5. The molecular formula is C48H68O15. The van der Waals surface area contributed by atoms with Crippen LogP contribution >= 0.6 is 0 Å². The second kappa shape index (κ2) is 14.6. The average Bonchev–Trinajstić information content (AvgIpc) is 3.46. The van der Waals surface area contributed by atoms with Crippen molar-refractivity contribution in [2.24, 2.45) is 73.9 Å². The van der Waals surface area contributed by atoms with E-state index in [1.54, 1.807) is 0 Å². The second-order valence-corrected chi connectivity index (χ2v) is 23.0. The number of aliphatic hydroxyl groups is 4. The van der Waals surface area contributed by atoms with Crippen molar-refractivity contribution in [3.05, 3.63) is 0 Å². The number of ether oxygens (including phenoxy) is 4. The lowest BCUT2D eigenvalue weighted by molar-refractivity contribution is -0.282. The zero-order valence-electron chi connectivity index (χ0n) is 38.4. The summed E-state index contributed by atoms with van der Waals surface area (Å²) in [6.45, 7) is 16.3. The Kier molecular flexibility index (Phi) is 10.7. The number of aliphatic hydroxyl groups excluding tert-OH is 3. The molecule has 0 aliphatic heterocycles. The summed E-state index contributed by atoms with van der Waals surface area (Å²) in [5.74, 6) is -9.21. The predicted molar refractivity (Wildman–Crippen MR) is 219 cm³/mol. The number of ketones is 3. The topological polar surface area (TPSA) is 237 Å². The van der Waals surface area contributed by atoms with E-state index in [4.69, 9.17) is 18.9 Å². The summed E-state index contributed by atoms with van der Waals surface area (Å²) >= 11 is 0. The molecule has 0 amide bonds. The van der Waals surface area contributed by atoms with Gasteiger partial charge in [0.2, 0.25) is 0 Å². The van der Waals surface area contributed by atoms with Crippen LogP contribution in [-0.2, 0) is 52.5 Å². The van der Waals surface area contributed by atoms with E-state index in [0.29, 0.717) is 25.7 Å². The summed E-state index contributed by atoms with van der Waals surface area (Å²) in [6.07, 6.45) is -6.05. The van der Waals surface area contributed by atoms with Gasteiger partial charge in [-0.3, -0.25) is 33.6 Å². The first-order valence-corrected chi connectivity index (χ1v) is 23.2. The molecule has 8 aliphatic carbocycles. The summed E-state index contributed by atoms with van der Waals surface area (Å²) in [5.41, 5.74) is -9.12. The molecule has 15 nitrogen and oxygen atoms in total. The molecule has 4 N–H and O–H groups in total. The summed E-state index contributed by atoms with van der Waals surface area (Å²) in [7, 11) is 0. The van der Waals surface area contributed by atoms with Gasteiger partial charge in [0.15, 0.2) is 17.7 Å². The van der Waals surface area contributed by atoms with E-state index in [9.17, 15) is 39.6 Å². The maximum absolute atomic E-state index is 15.5. The molecule has 0 aromatic carbocycles. The van der Waals surface area contributed by atoms with Crippen LogP contribution in [-0.4, -0.2) is 110 Å². The molecule has 19 atom stereocenters. The lowest BCUT2D eigenvalue weighted by Gasteiger charge is -2.67. The zero-order valence-corrected chi connectivity index (χ0v) is 38.4. The molecule has 2 spiro atoms. The Morgan fingerprint density at radius 2 is 1.17 bits per heavy atom. The van der Waals surface area contributed by atoms with E-state index in [1.807, 2.05) is 41.5 Å². The highest BCUT2D eigenvalue weighted by Crippen LogP contribution is 2.74. The fraction of sp³-hybridized carbons (Fsp3) is 0.854. The number of hydrogen-bond acceptors (Lipinski definition) is 15. The molecule has 15 heteroatoms. The van der Waals surface area contributed by atoms with Gasteiger partial charge in [-0.05, 0) is 86.9 Å². The normalized spacial score (nSPS) is 50.0. The number of carbonyl (C=O) groups excluding carboxylic acids is 7. The molecule has 0 heterocycles. The number of fused-ring (bicyclic) bond motifs is 6. The molecule has 0 saturated heterocycles. The van der Waals surface area contributed by atoms with Crippen molar-refractivity contribution in [1.82, 2.24) is 0 Å². The standard InChI is InChI=1S/C48H68O15/c1-21(49)60-30-12-14-44(9)35-29(54)18-26-20-47(35,40(63-24(4)52)32(55)36(44)42(30,5)6)41(58)48(26,59)16-11-27-25-17-28(53)34-45(10)15-13-31(61-22(2)50)43(7,8)37(45)33(62-23(3)51)39(57)46(34,19-25)38(27)56/h25-31,33-37,39-40,53-54,57,59H,11-20H2,1-10H3. The van der Waals surface area contributed by atoms with Crippen molar-refractivity contribution < 1.29 is 72.9 Å². The monoisotopic (exact) mass is 884 g/mol. The minimum absolute atomic E-state index is 0.00540. The molecule has 0 aromatic heterocycles. The highest BCUT2D eigenvalue weighted by molar-refractivity contribution is 6.04. The predicted octanol–water partition coefficient (Wildman–Crippen LogP) is 3.60. The molecule has 0 radical (unpaired) electrons. The Balaban J connectivity index is 1.14. The third kappa shape index (κ3) is 6.05. The van der Waals surface area contributed by atoms with Crippen molar-refractivity contribution >= 4 is 41.2 Å². The third-order valence-corrected chi connectivity index (χ3v) is 19.1. The number of rotatable bonds is 7. The molecular weight excluding hydrogens is 817 g/mol. The van der Waals surface area contributed by atoms with Gasteiger partial charge < -0.3 is 39.4 Å². The van der Waals surface area contributed by atoms with Crippen LogP contribution in [0.25, 0.3) is 0 Å². The molecule has 0 aromatic rings. The van der Waals surface area contributed by atoms with Gasteiger partial charge in [-0.2, -0.15) is 0 Å². The first kappa shape index (κ1) is 46.3.